The number of hydrogen-bond donors (Lipinski definition) is 4. The van der Waals surface area contributed by atoms with Crippen LogP contribution < -0.4 is 35.2 Å². The highest BCUT2D eigenvalue weighted by Gasteiger charge is 2.40. The number of methoxy groups -OCH3 is 1. The van der Waals surface area contributed by atoms with Crippen molar-refractivity contribution in [1.82, 2.24) is 69.9 Å². The number of carbonyl (C=O) groups excluding carboxylic acids is 3. The van der Waals surface area contributed by atoms with E-state index < -0.39 is 128 Å². The number of esters is 1. The number of nitrogens with zero attached hydrogens (tertiary/aromatic N) is 15. The first kappa shape index (κ1) is 86.0. The number of hydrogen-bond acceptors (Lipinski definition) is 22. The molecule has 43 heteroatoms. The number of aromatic carboxylic acids is 2. The lowest BCUT2D eigenvalue weighted by Crippen LogP contribution is -2.38. The predicted octanol–water partition coefficient (Wildman–Crippen LogP) is 14.3. The van der Waals surface area contributed by atoms with Crippen molar-refractivity contribution >= 4 is 87.0 Å². The molecule has 0 bridgehead atoms. The summed E-state index contributed by atoms with van der Waals surface area (Å²) in [5.74, 6) is -12.8. The molecule has 1 amide bonds. The van der Waals surface area contributed by atoms with Crippen LogP contribution in [0.1, 0.15) is 127 Å². The fourth-order valence-corrected chi connectivity index (χ4v) is 10.1. The van der Waals surface area contributed by atoms with Gasteiger partial charge < -0.3 is 44.7 Å². The van der Waals surface area contributed by atoms with Crippen LogP contribution >= 0.6 is 27.5 Å². The number of rotatable bonds is 23. The third-order valence-electron chi connectivity index (χ3n) is 14.5. The monoisotopic (exact) mass is 1670 g/mol. The normalized spacial score (nSPS) is 11.3. The van der Waals surface area contributed by atoms with Gasteiger partial charge in [0.1, 0.15) is 35.9 Å². The lowest BCUT2D eigenvalue weighted by atomic mass is 9.98. The number of aromatic nitrogens is 14. The highest BCUT2D eigenvalue weighted by atomic mass is 79.9. The van der Waals surface area contributed by atoms with Gasteiger partial charge in [0.2, 0.25) is 17.6 Å². The minimum atomic E-state index is -4.95. The van der Waals surface area contributed by atoms with Gasteiger partial charge in [-0.25, -0.2) is 42.5 Å². The highest BCUT2D eigenvalue weighted by molar-refractivity contribution is 9.10. The van der Waals surface area contributed by atoms with Crippen LogP contribution in [0, 0.1) is 17.5 Å². The lowest BCUT2D eigenvalue weighted by Gasteiger charge is -2.28. The van der Waals surface area contributed by atoms with E-state index in [4.69, 9.17) is 33.7 Å². The van der Waals surface area contributed by atoms with Crippen molar-refractivity contribution in [2.24, 2.45) is 0 Å². The minimum Gasteiger partial charge on any atom is -0.478 e. The molecule has 11 aromatic rings. The number of pyridine rings is 5. The van der Waals surface area contributed by atoms with Crippen LogP contribution in [-0.4, -0.2) is 142 Å². The quantitative estimate of drug-likeness (QED) is 0.0200. The number of alkyl halides is 9. The van der Waals surface area contributed by atoms with Crippen molar-refractivity contribution in [2.75, 3.05) is 22.6 Å². The number of benzene rings is 3. The summed E-state index contributed by atoms with van der Waals surface area (Å²) >= 11 is 8.32. The average molecular weight is 1670 g/mol. The molecule has 590 valence electrons. The zero-order valence-corrected chi connectivity index (χ0v) is 61.7. The number of halogens is 14. The van der Waals surface area contributed by atoms with E-state index in [1.54, 1.807) is 53.7 Å². The first-order valence-corrected chi connectivity index (χ1v) is 33.5. The largest absolute Gasteiger partial charge is 0.478 e. The first-order chi connectivity index (χ1) is 53.2. The summed E-state index contributed by atoms with van der Waals surface area (Å²) in [5, 5.41) is 47.3. The van der Waals surface area contributed by atoms with Gasteiger partial charge in [-0.15, -0.1) is 0 Å². The van der Waals surface area contributed by atoms with Crippen LogP contribution in [0.5, 0.6) is 34.9 Å². The van der Waals surface area contributed by atoms with Crippen molar-refractivity contribution in [3.05, 3.63) is 230 Å². The zero-order valence-electron chi connectivity index (χ0n) is 59.4. The summed E-state index contributed by atoms with van der Waals surface area (Å²) in [5.41, 5.74) is -4.31. The van der Waals surface area contributed by atoms with E-state index in [1.807, 2.05) is 0 Å². The summed E-state index contributed by atoms with van der Waals surface area (Å²) in [6, 6.07) is 12.3. The number of carboxylic acids is 2. The topological polar surface area (TPSA) is 347 Å². The Morgan fingerprint density at radius 3 is 1.19 bits per heavy atom. The second-order valence-electron chi connectivity index (χ2n) is 24.1. The van der Waals surface area contributed by atoms with Gasteiger partial charge in [0.15, 0.2) is 34.7 Å². The van der Waals surface area contributed by atoms with E-state index in [2.05, 4.69) is 86.8 Å². The van der Waals surface area contributed by atoms with E-state index in [0.29, 0.717) is 12.1 Å². The third-order valence-corrected chi connectivity index (χ3v) is 15.2. The van der Waals surface area contributed by atoms with Crippen molar-refractivity contribution < 1.29 is 106 Å². The van der Waals surface area contributed by atoms with E-state index in [0.717, 1.165) is 87.1 Å². The molecule has 11 rings (SSSR count). The van der Waals surface area contributed by atoms with Gasteiger partial charge in [-0.1, -0.05) is 11.5 Å². The van der Waals surface area contributed by atoms with E-state index >= 15 is 4.39 Å². The molecule has 0 aliphatic rings. The lowest BCUT2D eigenvalue weighted by molar-refractivity contribution is -0.139. The van der Waals surface area contributed by atoms with Crippen LogP contribution in [0.2, 0.25) is 0 Å². The average Bonchev–Trinajstić information content (AvgIpc) is 1.24. The molecule has 3 aromatic carbocycles. The molecule has 0 spiro atoms. The molecule has 0 unspecified atom stereocenters. The maximum Gasteiger partial charge on any atom is 0.421 e. The van der Waals surface area contributed by atoms with Gasteiger partial charge in [-0.05, 0) is 122 Å². The second kappa shape index (κ2) is 37.4. The molecule has 0 saturated heterocycles. The summed E-state index contributed by atoms with van der Waals surface area (Å²) in [6.45, 7) is 9.83. The molecule has 0 aliphatic carbocycles. The second-order valence-corrected chi connectivity index (χ2v) is 25.4. The maximum atomic E-state index is 15.3. The van der Waals surface area contributed by atoms with Crippen LogP contribution in [-0.2, 0) is 42.9 Å². The highest BCUT2D eigenvalue weighted by Crippen LogP contribution is 2.43. The van der Waals surface area contributed by atoms with E-state index in [9.17, 15) is 82.5 Å². The molecule has 0 fully saturated rings. The number of anilines is 3. The van der Waals surface area contributed by atoms with Gasteiger partial charge in [-0.2, -0.15) is 84.5 Å². The molecule has 0 aliphatic heterocycles. The van der Waals surface area contributed by atoms with Gasteiger partial charge >= 0.3 is 36.4 Å². The summed E-state index contributed by atoms with van der Waals surface area (Å²) in [4.78, 5) is 82.6. The minimum absolute atomic E-state index is 0.0292. The van der Waals surface area contributed by atoms with Crippen molar-refractivity contribution in [3.8, 4) is 34.9 Å². The molecule has 4 N–H and O–H groups in total. The Balaban J connectivity index is 0.000000201. The standard InChI is InChI=1S/C25H19BF4N6O4.C20H19F4N5O3.C19H17F4N5O3.C6H3BrClNO/c1-13(2)36(23(37)19-4-3-15(26)11-31-19)20-9-18(27)21(8-16(20)24(38)39)40-22-17(25(28,29)30)7-14(10-32-22)12-35-33-5-6-34-35;1-11(2)28-16-8-15(21)17(7-13(16)19(30)31-3)32-18-14(20(22,23)24)6-12(9-25-18)10-29-26-4-5-27-29;1-10(2)27-15-7-14(20)16(6-12(15)18(29)30)31-17-13(19(21,22)23)5-11(8-24-17)9-28-25-3-4-26-28;7-4-1-2-5(6(8)10)9-3-4/h3-11,13H,12H2,1-2H3,(H,38,39);4-9,11,28H,10H2,1-3H3;3-8,10,27H,9H2,1-2H3,(H,29,30);1-3H. The van der Waals surface area contributed by atoms with Gasteiger partial charge in [0, 0.05) is 90.0 Å². The Bertz CT molecular complexity index is 5170. The first-order valence-electron chi connectivity index (χ1n) is 32.4. The molecular weight excluding hydrogens is 1610 g/mol. The molecule has 0 atom stereocenters. The molecular formula is C70H58BBrClF12N17O11. The summed E-state index contributed by atoms with van der Waals surface area (Å²) in [6.07, 6.45) is -0.371. The summed E-state index contributed by atoms with van der Waals surface area (Å²) < 4.78 is 189. The zero-order chi connectivity index (χ0) is 83.0. The fourth-order valence-electron chi connectivity index (χ4n) is 9.72. The summed E-state index contributed by atoms with van der Waals surface area (Å²) in [7, 11) is 6.73. The molecule has 0 saturated carbocycles. The molecule has 113 heavy (non-hydrogen) atoms. The van der Waals surface area contributed by atoms with Gasteiger partial charge in [-0.3, -0.25) is 19.6 Å². The molecule has 8 aromatic heterocycles. The Morgan fingerprint density at radius 2 is 0.867 bits per heavy atom. The smallest absolute Gasteiger partial charge is 0.421 e. The van der Waals surface area contributed by atoms with Crippen LogP contribution in [0.3, 0.4) is 0 Å². The molecule has 2 radical (unpaired) electrons. The van der Waals surface area contributed by atoms with E-state index in [1.165, 1.54) is 66.5 Å². The number of ether oxygens (including phenoxy) is 4. The van der Waals surface area contributed by atoms with Crippen molar-refractivity contribution in [2.45, 2.75) is 97.8 Å². The number of carbonyl (C=O) groups is 5. The predicted molar refractivity (Wildman–Crippen MR) is 381 cm³/mol. The number of carboxylic acid groups (broad SMARTS) is 2. The Morgan fingerprint density at radius 1 is 0.504 bits per heavy atom. The van der Waals surface area contributed by atoms with Crippen LogP contribution in [0.4, 0.5) is 69.7 Å². The Kier molecular flexibility index (Phi) is 28.4. The van der Waals surface area contributed by atoms with Gasteiger partial charge in [0.05, 0.1) is 97.7 Å². The molecule has 28 nitrogen and oxygen atoms in total. The molecule has 8 heterocycles. The SMILES string of the molecule is CC(C)Nc1cc(F)c(Oc2ncc(Cn3nccn3)cc2C(F)(F)F)cc1C(=O)O.COC(=O)c1cc(Oc2ncc(Cn3nccn3)cc2C(F)(F)F)c(F)cc1NC(C)C.O=C(Cl)c1ccc(Br)cn1.[B]c1ccc(C(=O)N(c2cc(F)c(Oc3ncc(Cn4nccn4)cc3C(F)(F)F)cc2C(=O)O)C(C)C)nc1. The fraction of sp³-hybridized carbons (Fsp3) is 0.229. The van der Waals surface area contributed by atoms with Crippen LogP contribution in [0.15, 0.2) is 152 Å². The number of amides is 1. The Labute approximate surface area is 645 Å². The third kappa shape index (κ3) is 23.7. The van der Waals surface area contributed by atoms with Gasteiger partial charge in [0.25, 0.3) is 11.1 Å². The van der Waals surface area contributed by atoms with Crippen molar-refractivity contribution in [1.29, 1.82) is 0 Å². The Hall–Kier alpha value is -12.6. The maximum absolute atomic E-state index is 15.3. The van der Waals surface area contributed by atoms with Crippen LogP contribution in [0.25, 0.3) is 0 Å². The van der Waals surface area contributed by atoms with E-state index in [-0.39, 0.29) is 93.4 Å². The van der Waals surface area contributed by atoms with Crippen molar-refractivity contribution in [3.63, 3.8) is 0 Å². The number of nitrogens with one attached hydrogen (secondary N) is 2.